The molecule has 9 heteroatoms. The molecule has 1 aliphatic rings. The zero-order valence-electron chi connectivity index (χ0n) is 17.2. The molecule has 0 spiro atoms. The van der Waals surface area contributed by atoms with Crippen LogP contribution < -0.4 is 4.90 Å². The number of halogens is 2. The maximum absolute atomic E-state index is 12.9. The molecule has 0 bridgehead atoms. The van der Waals surface area contributed by atoms with Crippen LogP contribution in [0.15, 0.2) is 18.3 Å². The Morgan fingerprint density at radius 1 is 1.21 bits per heavy atom. The second-order valence-corrected chi connectivity index (χ2v) is 7.89. The Balaban J connectivity index is 1.82. The lowest BCUT2D eigenvalue weighted by Crippen LogP contribution is -2.35. The Morgan fingerprint density at radius 3 is 2.55 bits per heavy atom. The number of carbonyl (C=O) groups excluding carboxylic acids is 1. The van der Waals surface area contributed by atoms with Crippen LogP contribution in [0.1, 0.15) is 61.5 Å². The van der Waals surface area contributed by atoms with E-state index in [2.05, 4.69) is 20.0 Å². The van der Waals surface area contributed by atoms with Crippen LogP contribution in [0.25, 0.3) is 0 Å². The molecule has 0 unspecified atom stereocenters. The normalized spacial score (nSPS) is 14.7. The van der Waals surface area contributed by atoms with Crippen LogP contribution in [0.5, 0.6) is 0 Å². The SMILES string of the molecule is Cc1cc(CN(CC(C)C)C(=O)c2ccn(C(F)F)n2)nc(N2CCCCC2)n1. The summed E-state index contributed by atoms with van der Waals surface area (Å²) in [4.78, 5) is 26.0. The van der Waals surface area contributed by atoms with Crippen LogP contribution in [0.2, 0.25) is 0 Å². The van der Waals surface area contributed by atoms with Crippen LogP contribution in [0.4, 0.5) is 14.7 Å². The molecule has 0 aliphatic carbocycles. The third-order valence-corrected chi connectivity index (χ3v) is 4.79. The largest absolute Gasteiger partial charge is 0.341 e. The van der Waals surface area contributed by atoms with Gasteiger partial charge in [-0.15, -0.1) is 0 Å². The number of hydrogen-bond donors (Lipinski definition) is 0. The minimum atomic E-state index is -2.77. The van der Waals surface area contributed by atoms with E-state index in [4.69, 9.17) is 0 Å². The average molecular weight is 406 g/mol. The smallest absolute Gasteiger partial charge is 0.333 e. The monoisotopic (exact) mass is 406 g/mol. The lowest BCUT2D eigenvalue weighted by Gasteiger charge is -2.28. The molecule has 0 aromatic carbocycles. The standard InChI is InChI=1S/C20H28F2N6O/c1-14(2)12-27(18(29)17-7-10-28(25-17)19(21)22)13-16-11-15(3)23-20(24-16)26-8-5-4-6-9-26/h7,10-11,14,19H,4-6,8-9,12-13H2,1-3H3. The predicted octanol–water partition coefficient (Wildman–Crippen LogP) is 3.67. The van der Waals surface area contributed by atoms with E-state index in [1.165, 1.54) is 12.5 Å². The molecular formula is C20H28F2N6O. The van der Waals surface area contributed by atoms with Gasteiger partial charge in [-0.1, -0.05) is 13.8 Å². The van der Waals surface area contributed by atoms with Gasteiger partial charge >= 0.3 is 6.55 Å². The van der Waals surface area contributed by atoms with Gasteiger partial charge < -0.3 is 9.80 Å². The molecule has 1 saturated heterocycles. The number of amides is 1. The highest BCUT2D eigenvalue weighted by molar-refractivity contribution is 5.92. The highest BCUT2D eigenvalue weighted by Gasteiger charge is 2.22. The van der Waals surface area contributed by atoms with E-state index in [-0.39, 0.29) is 24.1 Å². The second-order valence-electron chi connectivity index (χ2n) is 7.89. The molecule has 29 heavy (non-hydrogen) atoms. The van der Waals surface area contributed by atoms with E-state index >= 15 is 0 Å². The quantitative estimate of drug-likeness (QED) is 0.702. The van der Waals surface area contributed by atoms with E-state index in [1.54, 1.807) is 4.90 Å². The molecule has 1 aliphatic heterocycles. The van der Waals surface area contributed by atoms with Crippen molar-refractivity contribution in [2.45, 2.75) is 53.1 Å². The molecule has 158 valence electrons. The van der Waals surface area contributed by atoms with Crippen molar-refractivity contribution in [3.63, 3.8) is 0 Å². The van der Waals surface area contributed by atoms with Crippen LogP contribution in [0.3, 0.4) is 0 Å². The Bertz CT molecular complexity index is 832. The molecule has 0 radical (unpaired) electrons. The predicted molar refractivity (Wildman–Crippen MR) is 106 cm³/mol. The molecule has 2 aromatic heterocycles. The zero-order valence-corrected chi connectivity index (χ0v) is 17.2. The van der Waals surface area contributed by atoms with Crippen molar-refractivity contribution in [1.29, 1.82) is 0 Å². The Labute approximate surface area is 169 Å². The zero-order chi connectivity index (χ0) is 21.0. The first-order chi connectivity index (χ1) is 13.8. The third-order valence-electron chi connectivity index (χ3n) is 4.79. The van der Waals surface area contributed by atoms with Crippen LogP contribution in [0, 0.1) is 12.8 Å². The van der Waals surface area contributed by atoms with Gasteiger partial charge in [-0.2, -0.15) is 13.9 Å². The van der Waals surface area contributed by atoms with Gasteiger partial charge in [-0.3, -0.25) is 4.79 Å². The lowest BCUT2D eigenvalue weighted by molar-refractivity contribution is 0.0548. The van der Waals surface area contributed by atoms with Gasteiger partial charge in [0.15, 0.2) is 5.69 Å². The Morgan fingerprint density at radius 2 is 1.93 bits per heavy atom. The van der Waals surface area contributed by atoms with Gasteiger partial charge in [0.1, 0.15) is 0 Å². The molecule has 3 rings (SSSR count). The summed E-state index contributed by atoms with van der Waals surface area (Å²) in [6, 6.07) is 3.19. The van der Waals surface area contributed by atoms with Crippen LogP contribution in [-0.4, -0.2) is 50.2 Å². The van der Waals surface area contributed by atoms with E-state index in [0.29, 0.717) is 17.2 Å². The first-order valence-corrected chi connectivity index (χ1v) is 10.1. The van der Waals surface area contributed by atoms with E-state index in [1.807, 2.05) is 26.8 Å². The summed E-state index contributed by atoms with van der Waals surface area (Å²) in [6.45, 7) is 5.77. The maximum Gasteiger partial charge on any atom is 0.333 e. The fourth-order valence-corrected chi connectivity index (χ4v) is 3.51. The van der Waals surface area contributed by atoms with Crippen LogP contribution in [-0.2, 0) is 6.54 Å². The highest BCUT2D eigenvalue weighted by Crippen LogP contribution is 2.19. The molecular weight excluding hydrogens is 378 g/mol. The van der Waals surface area contributed by atoms with Crippen molar-refractivity contribution in [3.05, 3.63) is 35.4 Å². The molecule has 7 nitrogen and oxygen atoms in total. The fourth-order valence-electron chi connectivity index (χ4n) is 3.51. The third kappa shape index (κ3) is 5.48. The number of aromatic nitrogens is 4. The first-order valence-electron chi connectivity index (χ1n) is 10.1. The summed E-state index contributed by atoms with van der Waals surface area (Å²) >= 11 is 0. The summed E-state index contributed by atoms with van der Waals surface area (Å²) in [5, 5.41) is 3.72. The van der Waals surface area contributed by atoms with Gasteiger partial charge in [-0.05, 0) is 44.2 Å². The lowest BCUT2D eigenvalue weighted by atomic mass is 10.1. The van der Waals surface area contributed by atoms with Crippen molar-refractivity contribution >= 4 is 11.9 Å². The number of piperidine rings is 1. The number of rotatable bonds is 7. The summed E-state index contributed by atoms with van der Waals surface area (Å²) in [5.74, 6) is 0.521. The molecule has 0 N–H and O–H groups in total. The number of alkyl halides is 2. The van der Waals surface area contributed by atoms with Gasteiger partial charge in [0.25, 0.3) is 5.91 Å². The summed E-state index contributed by atoms with van der Waals surface area (Å²) in [6.07, 6.45) is 4.58. The molecule has 2 aromatic rings. The van der Waals surface area contributed by atoms with Crippen LogP contribution >= 0.6 is 0 Å². The Hall–Kier alpha value is -2.58. The van der Waals surface area contributed by atoms with Crippen molar-refractivity contribution in [3.8, 4) is 0 Å². The highest BCUT2D eigenvalue weighted by atomic mass is 19.3. The average Bonchev–Trinajstić information content (AvgIpc) is 3.17. The number of anilines is 1. The van der Waals surface area contributed by atoms with E-state index < -0.39 is 6.55 Å². The number of carbonyl (C=O) groups is 1. The first kappa shape index (κ1) is 21.1. The molecule has 0 saturated carbocycles. The van der Waals surface area contributed by atoms with Crippen molar-refractivity contribution in [2.75, 3.05) is 24.5 Å². The number of nitrogens with zero attached hydrogens (tertiary/aromatic N) is 6. The van der Waals surface area contributed by atoms with Crippen molar-refractivity contribution < 1.29 is 13.6 Å². The fraction of sp³-hybridized carbons (Fsp3) is 0.600. The summed E-state index contributed by atoms with van der Waals surface area (Å²) in [7, 11) is 0. The summed E-state index contributed by atoms with van der Waals surface area (Å²) in [5.41, 5.74) is 1.59. The van der Waals surface area contributed by atoms with E-state index in [9.17, 15) is 13.6 Å². The minimum absolute atomic E-state index is 0.00739. The Kier molecular flexibility index (Phi) is 6.76. The molecule has 1 amide bonds. The van der Waals surface area contributed by atoms with Gasteiger partial charge in [-0.25, -0.2) is 14.6 Å². The maximum atomic E-state index is 12.9. The number of aryl methyl sites for hydroxylation is 1. The van der Waals surface area contributed by atoms with Crippen molar-refractivity contribution in [1.82, 2.24) is 24.6 Å². The second kappa shape index (κ2) is 9.28. The topological polar surface area (TPSA) is 67.2 Å². The van der Waals surface area contributed by atoms with Gasteiger partial charge in [0.05, 0.1) is 12.2 Å². The van der Waals surface area contributed by atoms with Gasteiger partial charge in [0, 0.05) is 31.5 Å². The van der Waals surface area contributed by atoms with E-state index in [0.717, 1.165) is 43.5 Å². The van der Waals surface area contributed by atoms with Crippen molar-refractivity contribution in [2.24, 2.45) is 5.92 Å². The molecule has 3 heterocycles. The summed E-state index contributed by atoms with van der Waals surface area (Å²) < 4.78 is 26.1. The van der Waals surface area contributed by atoms with Gasteiger partial charge in [0.2, 0.25) is 5.95 Å². The number of hydrogen-bond acceptors (Lipinski definition) is 5. The molecule has 0 atom stereocenters. The molecule has 1 fully saturated rings. The minimum Gasteiger partial charge on any atom is -0.341 e.